The third-order valence-electron chi connectivity index (χ3n) is 3.23. The van der Waals surface area contributed by atoms with Gasteiger partial charge in [-0.3, -0.25) is 0 Å². The number of unbranched alkanes of at least 4 members (excludes halogenated alkanes) is 2. The highest BCUT2D eigenvalue weighted by molar-refractivity contribution is 5.79. The van der Waals surface area contributed by atoms with Crippen LogP contribution in [0.2, 0.25) is 0 Å². The van der Waals surface area contributed by atoms with Crippen LogP contribution in [0.3, 0.4) is 0 Å². The molecule has 0 bridgehead atoms. The Labute approximate surface area is 108 Å². The summed E-state index contributed by atoms with van der Waals surface area (Å²) >= 11 is 0. The fourth-order valence-electron chi connectivity index (χ4n) is 2.22. The van der Waals surface area contributed by atoms with Crippen molar-refractivity contribution in [3.63, 3.8) is 0 Å². The number of fused-ring (bicyclic) bond motifs is 1. The van der Waals surface area contributed by atoms with Crippen LogP contribution in [0, 0.1) is 0 Å². The monoisotopic (exact) mass is 251 g/mol. The molecule has 2 rings (SSSR count). The van der Waals surface area contributed by atoms with E-state index in [1.54, 1.807) is 7.11 Å². The molecule has 0 saturated carbocycles. The molecule has 1 aromatic rings. The van der Waals surface area contributed by atoms with Crippen molar-refractivity contribution in [2.75, 3.05) is 29.7 Å². The Kier molecular flexibility index (Phi) is 4.19. The molecular weight excluding hydrogens is 230 g/mol. The van der Waals surface area contributed by atoms with Gasteiger partial charge in [-0.05, 0) is 12.8 Å². The zero-order valence-electron chi connectivity index (χ0n) is 11.0. The van der Waals surface area contributed by atoms with Crippen LogP contribution >= 0.6 is 0 Å². The number of anilines is 3. The quantitative estimate of drug-likeness (QED) is 0.751. The molecule has 0 saturated heterocycles. The molecular formula is C12H21N5O. The van der Waals surface area contributed by atoms with Crippen molar-refractivity contribution in [2.24, 2.45) is 0 Å². The predicted octanol–water partition coefficient (Wildman–Crippen LogP) is 1.80. The van der Waals surface area contributed by atoms with Crippen LogP contribution in [0.5, 0.6) is 0 Å². The summed E-state index contributed by atoms with van der Waals surface area (Å²) in [6.45, 7) is 2.87. The van der Waals surface area contributed by atoms with E-state index in [9.17, 15) is 0 Å². The number of ether oxygens (including phenoxy) is 1. The summed E-state index contributed by atoms with van der Waals surface area (Å²) in [5, 5.41) is 3.22. The molecule has 1 aliphatic heterocycles. The molecule has 1 atom stereocenters. The summed E-state index contributed by atoms with van der Waals surface area (Å²) in [5.41, 5.74) is 6.63. The van der Waals surface area contributed by atoms with Gasteiger partial charge in [-0.15, -0.1) is 0 Å². The molecule has 0 radical (unpaired) electrons. The Hall–Kier alpha value is -1.56. The topological polar surface area (TPSA) is 76.3 Å². The molecule has 1 aliphatic rings. The highest BCUT2D eigenvalue weighted by Gasteiger charge is 2.28. The van der Waals surface area contributed by atoms with E-state index in [-0.39, 0.29) is 6.23 Å². The van der Waals surface area contributed by atoms with E-state index in [2.05, 4.69) is 27.1 Å². The molecule has 3 N–H and O–H groups in total. The van der Waals surface area contributed by atoms with Crippen LogP contribution in [0.25, 0.3) is 0 Å². The van der Waals surface area contributed by atoms with Crippen LogP contribution in [0.4, 0.5) is 17.3 Å². The van der Waals surface area contributed by atoms with Crippen molar-refractivity contribution < 1.29 is 4.74 Å². The van der Waals surface area contributed by atoms with Crippen molar-refractivity contribution in [1.29, 1.82) is 0 Å². The van der Waals surface area contributed by atoms with Gasteiger partial charge in [-0.2, -0.15) is 0 Å². The maximum Gasteiger partial charge on any atom is 0.161 e. The normalized spacial score (nSPS) is 15.3. The summed E-state index contributed by atoms with van der Waals surface area (Å²) < 4.78 is 5.56. The second kappa shape index (κ2) is 5.86. The molecule has 0 aromatic carbocycles. The Balaban J connectivity index is 2.08. The minimum Gasteiger partial charge on any atom is -0.382 e. The lowest BCUT2D eigenvalue weighted by molar-refractivity contribution is 0.0910. The Morgan fingerprint density at radius 3 is 3.06 bits per heavy atom. The average molecular weight is 251 g/mol. The first-order chi connectivity index (χ1) is 8.77. The Bertz CT molecular complexity index is 398. The third-order valence-corrected chi connectivity index (χ3v) is 3.23. The molecule has 0 fully saturated rings. The SMILES string of the molecule is CCCCCC(OC)N1CNc2c(N)ncnc21. The minimum atomic E-state index is 0.0413. The van der Waals surface area contributed by atoms with E-state index < -0.39 is 0 Å². The molecule has 18 heavy (non-hydrogen) atoms. The molecule has 6 heteroatoms. The van der Waals surface area contributed by atoms with Gasteiger partial charge in [0.05, 0.1) is 6.67 Å². The first-order valence-electron chi connectivity index (χ1n) is 6.41. The zero-order chi connectivity index (χ0) is 13.0. The number of nitrogen functional groups attached to an aromatic ring is 1. The van der Waals surface area contributed by atoms with Crippen LogP contribution < -0.4 is 16.0 Å². The number of hydrogen-bond donors (Lipinski definition) is 2. The second-order valence-corrected chi connectivity index (χ2v) is 4.45. The lowest BCUT2D eigenvalue weighted by Crippen LogP contribution is -2.36. The van der Waals surface area contributed by atoms with Gasteiger partial charge in [0.2, 0.25) is 0 Å². The second-order valence-electron chi connectivity index (χ2n) is 4.45. The number of hydrogen-bond acceptors (Lipinski definition) is 6. The molecule has 0 spiro atoms. The lowest BCUT2D eigenvalue weighted by atomic mass is 10.2. The average Bonchev–Trinajstić information content (AvgIpc) is 2.80. The summed E-state index contributed by atoms with van der Waals surface area (Å²) in [6, 6.07) is 0. The first-order valence-corrected chi connectivity index (χ1v) is 6.41. The number of aromatic nitrogens is 2. The summed E-state index contributed by atoms with van der Waals surface area (Å²) in [6.07, 6.45) is 6.11. The van der Waals surface area contributed by atoms with Crippen molar-refractivity contribution in [3.8, 4) is 0 Å². The molecule has 1 unspecified atom stereocenters. The minimum absolute atomic E-state index is 0.0413. The highest BCUT2D eigenvalue weighted by Crippen LogP contribution is 2.34. The van der Waals surface area contributed by atoms with E-state index in [1.807, 2.05) is 0 Å². The maximum atomic E-state index is 5.82. The molecule has 6 nitrogen and oxygen atoms in total. The van der Waals surface area contributed by atoms with Crippen molar-refractivity contribution >= 4 is 17.3 Å². The van der Waals surface area contributed by atoms with Gasteiger partial charge in [0.25, 0.3) is 0 Å². The maximum absolute atomic E-state index is 5.82. The van der Waals surface area contributed by atoms with Crippen LogP contribution in [-0.4, -0.2) is 30.0 Å². The largest absolute Gasteiger partial charge is 0.382 e. The van der Waals surface area contributed by atoms with Crippen molar-refractivity contribution in [3.05, 3.63) is 6.33 Å². The van der Waals surface area contributed by atoms with E-state index in [0.29, 0.717) is 12.5 Å². The smallest absolute Gasteiger partial charge is 0.161 e. The molecule has 0 amide bonds. The van der Waals surface area contributed by atoms with Gasteiger partial charge < -0.3 is 20.7 Å². The van der Waals surface area contributed by atoms with Gasteiger partial charge in [-0.1, -0.05) is 19.8 Å². The van der Waals surface area contributed by atoms with E-state index in [1.165, 1.54) is 19.2 Å². The number of nitrogens with one attached hydrogen (secondary N) is 1. The van der Waals surface area contributed by atoms with Gasteiger partial charge in [0, 0.05) is 7.11 Å². The first kappa shape index (κ1) is 12.9. The molecule has 1 aromatic heterocycles. The fraction of sp³-hybridized carbons (Fsp3) is 0.667. The van der Waals surface area contributed by atoms with Crippen LogP contribution in [0.15, 0.2) is 6.33 Å². The van der Waals surface area contributed by atoms with Gasteiger partial charge in [0.15, 0.2) is 11.6 Å². The van der Waals surface area contributed by atoms with Crippen LogP contribution in [-0.2, 0) is 4.74 Å². The van der Waals surface area contributed by atoms with Crippen molar-refractivity contribution in [1.82, 2.24) is 9.97 Å². The van der Waals surface area contributed by atoms with Crippen LogP contribution in [0.1, 0.15) is 32.6 Å². The number of methoxy groups -OCH3 is 1. The zero-order valence-corrected chi connectivity index (χ0v) is 11.0. The summed E-state index contributed by atoms with van der Waals surface area (Å²) in [4.78, 5) is 10.4. The third kappa shape index (κ3) is 2.48. The molecule has 100 valence electrons. The van der Waals surface area contributed by atoms with E-state index in [0.717, 1.165) is 24.3 Å². The molecule has 0 aliphatic carbocycles. The Morgan fingerprint density at radius 2 is 2.33 bits per heavy atom. The predicted molar refractivity (Wildman–Crippen MR) is 72.4 cm³/mol. The van der Waals surface area contributed by atoms with Gasteiger partial charge in [-0.25, -0.2) is 9.97 Å². The summed E-state index contributed by atoms with van der Waals surface area (Å²) in [5.74, 6) is 1.33. The standard InChI is InChI=1S/C12H21N5O/c1-3-4-5-6-9(18-2)17-8-16-10-11(13)14-7-15-12(10)17/h7,9,16H,3-6,8H2,1-2H3,(H2,13,14,15). The van der Waals surface area contributed by atoms with E-state index >= 15 is 0 Å². The lowest BCUT2D eigenvalue weighted by Gasteiger charge is -2.27. The summed E-state index contributed by atoms with van der Waals surface area (Å²) in [7, 11) is 1.74. The number of nitrogens with zero attached hydrogens (tertiary/aromatic N) is 3. The van der Waals surface area contributed by atoms with Gasteiger partial charge >= 0.3 is 0 Å². The van der Waals surface area contributed by atoms with Gasteiger partial charge in [0.1, 0.15) is 18.2 Å². The molecule has 2 heterocycles. The van der Waals surface area contributed by atoms with Crippen molar-refractivity contribution in [2.45, 2.75) is 38.8 Å². The number of nitrogens with two attached hydrogens (primary N) is 1. The highest BCUT2D eigenvalue weighted by atomic mass is 16.5. The van der Waals surface area contributed by atoms with E-state index in [4.69, 9.17) is 10.5 Å². The Morgan fingerprint density at radius 1 is 1.50 bits per heavy atom. The fourth-order valence-corrected chi connectivity index (χ4v) is 2.22. The number of rotatable bonds is 6.